The van der Waals surface area contributed by atoms with Crippen molar-refractivity contribution >= 4 is 50.5 Å². The topological polar surface area (TPSA) is 99.0 Å². The Morgan fingerprint density at radius 1 is 1.30 bits per heavy atom. The second-order valence-electron chi connectivity index (χ2n) is 5.69. The predicted molar refractivity (Wildman–Crippen MR) is 101 cm³/mol. The molecule has 0 saturated heterocycles. The standard InChI is InChI=1S/C17H17N3O5S2/c1-9-10(2)27-15(14(9)16(23)24-3)19-12(21)8-25-13(22)6-11-7-20-4-5-26-17(20)18-11/h4-5,7H,6,8H2,1-3H3,(H,19,21). The maximum Gasteiger partial charge on any atom is 0.341 e. The third kappa shape index (κ3) is 4.17. The van der Waals surface area contributed by atoms with Crippen LogP contribution >= 0.6 is 22.7 Å². The minimum atomic E-state index is -0.553. The Bertz CT molecular complexity index is 989. The molecule has 0 radical (unpaired) electrons. The van der Waals surface area contributed by atoms with Gasteiger partial charge in [-0.05, 0) is 19.4 Å². The minimum Gasteiger partial charge on any atom is -0.465 e. The van der Waals surface area contributed by atoms with E-state index in [9.17, 15) is 14.4 Å². The molecule has 1 N–H and O–H groups in total. The van der Waals surface area contributed by atoms with Gasteiger partial charge in [-0.1, -0.05) is 0 Å². The highest BCUT2D eigenvalue weighted by Gasteiger charge is 2.22. The van der Waals surface area contributed by atoms with Gasteiger partial charge in [0.1, 0.15) is 5.00 Å². The van der Waals surface area contributed by atoms with E-state index in [1.807, 2.05) is 22.9 Å². The monoisotopic (exact) mass is 407 g/mol. The summed E-state index contributed by atoms with van der Waals surface area (Å²) in [6, 6.07) is 0. The molecule has 1 amide bonds. The fourth-order valence-corrected chi connectivity index (χ4v) is 4.22. The van der Waals surface area contributed by atoms with Crippen LogP contribution < -0.4 is 5.32 Å². The molecule has 3 aromatic heterocycles. The third-order valence-corrected chi connectivity index (χ3v) is 5.75. The smallest absolute Gasteiger partial charge is 0.341 e. The van der Waals surface area contributed by atoms with Gasteiger partial charge in [0.2, 0.25) is 0 Å². The number of thiophene rings is 1. The van der Waals surface area contributed by atoms with Crippen molar-refractivity contribution in [1.82, 2.24) is 9.38 Å². The predicted octanol–water partition coefficient (Wildman–Crippen LogP) is 2.59. The van der Waals surface area contributed by atoms with Gasteiger partial charge in [-0.15, -0.1) is 22.7 Å². The van der Waals surface area contributed by atoms with Gasteiger partial charge in [-0.3, -0.25) is 14.0 Å². The van der Waals surface area contributed by atoms with Gasteiger partial charge >= 0.3 is 11.9 Å². The van der Waals surface area contributed by atoms with Crippen LogP contribution in [0.2, 0.25) is 0 Å². The summed E-state index contributed by atoms with van der Waals surface area (Å²) in [7, 11) is 1.28. The lowest BCUT2D eigenvalue weighted by atomic mass is 10.1. The van der Waals surface area contributed by atoms with Gasteiger partial charge in [-0.25, -0.2) is 9.78 Å². The Labute approximate surface area is 162 Å². The number of esters is 2. The van der Waals surface area contributed by atoms with Crippen molar-refractivity contribution in [2.24, 2.45) is 0 Å². The van der Waals surface area contributed by atoms with Crippen molar-refractivity contribution in [3.8, 4) is 0 Å². The Morgan fingerprint density at radius 3 is 2.78 bits per heavy atom. The van der Waals surface area contributed by atoms with E-state index in [4.69, 9.17) is 9.47 Å². The number of carbonyl (C=O) groups is 3. The highest BCUT2D eigenvalue weighted by Crippen LogP contribution is 2.32. The van der Waals surface area contributed by atoms with Gasteiger partial charge in [0.15, 0.2) is 11.6 Å². The zero-order chi connectivity index (χ0) is 19.6. The molecule has 0 fully saturated rings. The molecule has 3 aromatic rings. The highest BCUT2D eigenvalue weighted by atomic mass is 32.1. The Hall–Kier alpha value is -2.72. The molecule has 0 aliphatic carbocycles. The summed E-state index contributed by atoms with van der Waals surface area (Å²) < 4.78 is 11.6. The maximum absolute atomic E-state index is 12.1. The number of ether oxygens (including phenoxy) is 2. The summed E-state index contributed by atoms with van der Waals surface area (Å²) in [5.41, 5.74) is 1.64. The number of rotatable bonds is 6. The number of amides is 1. The highest BCUT2D eigenvalue weighted by molar-refractivity contribution is 7.16. The number of thiazole rings is 1. The lowest BCUT2D eigenvalue weighted by molar-refractivity contribution is -0.146. The average molecular weight is 407 g/mol. The van der Waals surface area contributed by atoms with Crippen LogP contribution in [0.4, 0.5) is 5.00 Å². The zero-order valence-corrected chi connectivity index (χ0v) is 16.5. The largest absolute Gasteiger partial charge is 0.465 e. The van der Waals surface area contributed by atoms with Crippen LogP contribution in [0.3, 0.4) is 0 Å². The molecular weight excluding hydrogens is 390 g/mol. The average Bonchev–Trinajstić information content (AvgIpc) is 3.27. The summed E-state index contributed by atoms with van der Waals surface area (Å²) >= 11 is 2.73. The molecule has 0 aliphatic rings. The molecule has 0 bridgehead atoms. The van der Waals surface area contributed by atoms with Gasteiger partial charge < -0.3 is 14.8 Å². The second-order valence-corrected chi connectivity index (χ2v) is 7.79. The number of hydrogen-bond donors (Lipinski definition) is 1. The van der Waals surface area contributed by atoms with Gasteiger partial charge in [-0.2, -0.15) is 0 Å². The van der Waals surface area contributed by atoms with E-state index < -0.39 is 24.5 Å². The molecule has 3 rings (SSSR count). The Balaban J connectivity index is 1.56. The van der Waals surface area contributed by atoms with Crippen LogP contribution in [0.25, 0.3) is 4.96 Å². The van der Waals surface area contributed by atoms with Gasteiger partial charge in [0.05, 0.1) is 24.8 Å². The molecule has 142 valence electrons. The molecule has 8 nitrogen and oxygen atoms in total. The van der Waals surface area contributed by atoms with E-state index in [0.717, 1.165) is 15.4 Å². The van der Waals surface area contributed by atoms with Gasteiger partial charge in [0, 0.05) is 22.7 Å². The van der Waals surface area contributed by atoms with Crippen LogP contribution in [-0.4, -0.2) is 40.9 Å². The molecule has 0 spiro atoms. The van der Waals surface area contributed by atoms with Crippen molar-refractivity contribution < 1.29 is 23.9 Å². The third-order valence-electron chi connectivity index (χ3n) is 3.86. The fourth-order valence-electron chi connectivity index (χ4n) is 2.43. The summed E-state index contributed by atoms with van der Waals surface area (Å²) in [5, 5.41) is 4.88. The van der Waals surface area contributed by atoms with E-state index in [1.165, 1.54) is 29.8 Å². The Kier molecular flexibility index (Phi) is 5.57. The molecule has 10 heteroatoms. The quantitative estimate of drug-likeness (QED) is 0.631. The molecule has 0 aromatic carbocycles. The number of aromatic nitrogens is 2. The second kappa shape index (κ2) is 7.89. The van der Waals surface area contributed by atoms with Crippen molar-refractivity contribution in [2.75, 3.05) is 19.0 Å². The van der Waals surface area contributed by atoms with Gasteiger partial charge in [0.25, 0.3) is 5.91 Å². The van der Waals surface area contributed by atoms with E-state index in [0.29, 0.717) is 16.3 Å². The van der Waals surface area contributed by atoms with Crippen LogP contribution in [-0.2, 0) is 25.5 Å². The minimum absolute atomic E-state index is 0.0215. The molecule has 0 saturated carbocycles. The summed E-state index contributed by atoms with van der Waals surface area (Å²) in [6.45, 7) is 3.18. The molecule has 0 unspecified atom stereocenters. The van der Waals surface area contributed by atoms with Crippen LogP contribution in [0.1, 0.15) is 26.5 Å². The van der Waals surface area contributed by atoms with Crippen molar-refractivity contribution in [2.45, 2.75) is 20.3 Å². The summed E-state index contributed by atoms with van der Waals surface area (Å²) in [4.78, 5) is 41.9. The van der Waals surface area contributed by atoms with E-state index in [1.54, 1.807) is 13.1 Å². The number of anilines is 1. The van der Waals surface area contributed by atoms with Crippen LogP contribution in [0, 0.1) is 13.8 Å². The normalized spacial score (nSPS) is 10.8. The molecule has 3 heterocycles. The van der Waals surface area contributed by atoms with Crippen LogP contribution in [0.15, 0.2) is 17.8 Å². The van der Waals surface area contributed by atoms with E-state index in [2.05, 4.69) is 10.3 Å². The number of carbonyl (C=O) groups excluding carboxylic acids is 3. The number of nitrogens with zero attached hydrogens (tertiary/aromatic N) is 2. The van der Waals surface area contributed by atoms with Crippen molar-refractivity contribution in [3.63, 3.8) is 0 Å². The van der Waals surface area contributed by atoms with Crippen LogP contribution in [0.5, 0.6) is 0 Å². The molecule has 0 atom stereocenters. The van der Waals surface area contributed by atoms with Crippen molar-refractivity contribution in [1.29, 1.82) is 0 Å². The first-order valence-electron chi connectivity index (χ1n) is 7.94. The molecule has 27 heavy (non-hydrogen) atoms. The first-order chi connectivity index (χ1) is 12.9. The lowest BCUT2D eigenvalue weighted by Crippen LogP contribution is -2.22. The first kappa shape index (κ1) is 19.1. The number of aryl methyl sites for hydroxylation is 1. The van der Waals surface area contributed by atoms with E-state index in [-0.39, 0.29) is 6.42 Å². The fraction of sp³-hybridized carbons (Fsp3) is 0.294. The molecular formula is C17H17N3O5S2. The number of nitrogens with one attached hydrogen (secondary N) is 1. The first-order valence-corrected chi connectivity index (χ1v) is 9.63. The SMILES string of the molecule is COC(=O)c1c(NC(=O)COC(=O)Cc2cn3ccsc3n2)sc(C)c1C. The summed E-state index contributed by atoms with van der Waals surface area (Å²) in [5.74, 6) is -1.60. The lowest BCUT2D eigenvalue weighted by Gasteiger charge is -2.07. The maximum atomic E-state index is 12.1. The number of imidazole rings is 1. The summed E-state index contributed by atoms with van der Waals surface area (Å²) in [6.07, 6.45) is 3.57. The number of hydrogen-bond acceptors (Lipinski definition) is 8. The number of fused-ring (bicyclic) bond motifs is 1. The van der Waals surface area contributed by atoms with E-state index >= 15 is 0 Å². The zero-order valence-electron chi connectivity index (χ0n) is 14.9. The number of methoxy groups -OCH3 is 1. The van der Waals surface area contributed by atoms with Crippen molar-refractivity contribution in [3.05, 3.63) is 39.5 Å². The Morgan fingerprint density at radius 2 is 2.07 bits per heavy atom. The molecule has 0 aliphatic heterocycles.